The standard InChI is InChI=1S/C41H25N5/c1-3-12-27(13-4-1)39-44-40(28-14-5-2-6-15-28)46-41(45-39)29-23-21-26(22-24-29)36-34-20-11-25-42-37(34)35-32-18-9-7-16-30(32)31-17-8-10-19-33(31)38(35)43-36/h1-25H. The van der Waals surface area contributed by atoms with Crippen LogP contribution in [-0.2, 0) is 0 Å². The van der Waals surface area contributed by atoms with Gasteiger partial charge in [0.2, 0.25) is 0 Å². The van der Waals surface area contributed by atoms with Crippen LogP contribution in [-0.4, -0.2) is 24.9 Å². The van der Waals surface area contributed by atoms with Crippen LogP contribution in [0.4, 0.5) is 0 Å². The van der Waals surface area contributed by atoms with Crippen molar-refractivity contribution >= 4 is 43.4 Å². The predicted octanol–water partition coefficient (Wildman–Crippen LogP) is 9.94. The van der Waals surface area contributed by atoms with Crippen molar-refractivity contribution in [3.05, 3.63) is 152 Å². The Labute approximate surface area is 264 Å². The van der Waals surface area contributed by atoms with E-state index in [0.29, 0.717) is 17.5 Å². The second-order valence-electron chi connectivity index (χ2n) is 11.3. The van der Waals surface area contributed by atoms with Gasteiger partial charge in [-0.05, 0) is 28.3 Å². The van der Waals surface area contributed by atoms with Crippen LogP contribution < -0.4 is 0 Å². The summed E-state index contributed by atoms with van der Waals surface area (Å²) in [6.07, 6.45) is 1.87. The molecular weight excluding hydrogens is 562 g/mol. The van der Waals surface area contributed by atoms with Crippen molar-refractivity contribution in [3.8, 4) is 45.4 Å². The first kappa shape index (κ1) is 26.1. The molecule has 3 heterocycles. The van der Waals surface area contributed by atoms with Crippen LogP contribution in [0.3, 0.4) is 0 Å². The molecule has 3 aromatic heterocycles. The van der Waals surface area contributed by atoms with Gasteiger partial charge in [-0.15, -0.1) is 0 Å². The topological polar surface area (TPSA) is 64.5 Å². The lowest BCUT2D eigenvalue weighted by molar-refractivity contribution is 1.07. The van der Waals surface area contributed by atoms with E-state index in [1.807, 2.05) is 72.9 Å². The summed E-state index contributed by atoms with van der Waals surface area (Å²) < 4.78 is 0. The van der Waals surface area contributed by atoms with Gasteiger partial charge in [-0.1, -0.05) is 133 Å². The van der Waals surface area contributed by atoms with Gasteiger partial charge < -0.3 is 0 Å². The molecule has 0 unspecified atom stereocenters. The van der Waals surface area contributed by atoms with Crippen molar-refractivity contribution in [1.29, 1.82) is 0 Å². The summed E-state index contributed by atoms with van der Waals surface area (Å²) >= 11 is 0. The molecule has 0 saturated carbocycles. The minimum atomic E-state index is 0.620. The Hall–Kier alpha value is -6.33. The second-order valence-corrected chi connectivity index (χ2v) is 11.3. The molecule has 0 fully saturated rings. The molecule has 46 heavy (non-hydrogen) atoms. The fraction of sp³-hybridized carbons (Fsp3) is 0. The Morgan fingerprint density at radius 2 is 0.761 bits per heavy atom. The molecule has 214 valence electrons. The van der Waals surface area contributed by atoms with Crippen molar-refractivity contribution < 1.29 is 0 Å². The number of pyridine rings is 2. The van der Waals surface area contributed by atoms with Crippen LogP contribution >= 0.6 is 0 Å². The van der Waals surface area contributed by atoms with Gasteiger partial charge in [0, 0.05) is 44.6 Å². The van der Waals surface area contributed by atoms with Crippen molar-refractivity contribution in [3.63, 3.8) is 0 Å². The van der Waals surface area contributed by atoms with Crippen LogP contribution in [0.15, 0.2) is 152 Å². The first-order valence-corrected chi connectivity index (χ1v) is 15.3. The molecule has 0 N–H and O–H groups in total. The lowest BCUT2D eigenvalue weighted by Gasteiger charge is -2.14. The van der Waals surface area contributed by atoms with E-state index in [9.17, 15) is 0 Å². The summed E-state index contributed by atoms with van der Waals surface area (Å²) in [5.41, 5.74) is 6.59. The molecule has 5 nitrogen and oxygen atoms in total. The number of nitrogens with zero attached hydrogens (tertiary/aromatic N) is 5. The molecule has 9 rings (SSSR count). The molecule has 6 aromatic carbocycles. The number of hydrogen-bond acceptors (Lipinski definition) is 5. The van der Waals surface area contributed by atoms with E-state index < -0.39 is 0 Å². The lowest BCUT2D eigenvalue weighted by Crippen LogP contribution is -2.00. The first-order chi connectivity index (χ1) is 22.8. The number of aromatic nitrogens is 5. The van der Waals surface area contributed by atoms with Crippen molar-refractivity contribution in [2.75, 3.05) is 0 Å². The largest absolute Gasteiger partial charge is 0.255 e. The Bertz CT molecular complexity index is 2510. The maximum Gasteiger partial charge on any atom is 0.164 e. The number of benzene rings is 6. The minimum absolute atomic E-state index is 0.620. The van der Waals surface area contributed by atoms with Crippen LogP contribution in [0.25, 0.3) is 88.8 Å². The van der Waals surface area contributed by atoms with E-state index in [-0.39, 0.29) is 0 Å². The summed E-state index contributed by atoms with van der Waals surface area (Å²) in [4.78, 5) is 25.0. The molecule has 0 bridgehead atoms. The van der Waals surface area contributed by atoms with E-state index in [1.54, 1.807) is 0 Å². The summed E-state index contributed by atoms with van der Waals surface area (Å²) in [7, 11) is 0. The highest BCUT2D eigenvalue weighted by Crippen LogP contribution is 2.40. The highest BCUT2D eigenvalue weighted by Gasteiger charge is 2.18. The Balaban J connectivity index is 1.23. The van der Waals surface area contributed by atoms with E-state index >= 15 is 0 Å². The molecule has 0 atom stereocenters. The van der Waals surface area contributed by atoms with Crippen molar-refractivity contribution in [1.82, 2.24) is 24.9 Å². The van der Waals surface area contributed by atoms with Gasteiger partial charge in [0.25, 0.3) is 0 Å². The molecule has 0 radical (unpaired) electrons. The van der Waals surface area contributed by atoms with E-state index in [4.69, 9.17) is 24.9 Å². The van der Waals surface area contributed by atoms with Crippen LogP contribution in [0.5, 0.6) is 0 Å². The molecule has 9 aromatic rings. The number of fused-ring (bicyclic) bond motifs is 8. The number of rotatable bonds is 4. The first-order valence-electron chi connectivity index (χ1n) is 15.3. The quantitative estimate of drug-likeness (QED) is 0.192. The van der Waals surface area contributed by atoms with Gasteiger partial charge in [-0.25, -0.2) is 19.9 Å². The SMILES string of the molecule is c1ccc(-c2nc(-c3ccccc3)nc(-c3ccc(-c4nc5c6ccccc6c6ccccc6c5c5ncccc45)cc3)n2)cc1. The third-order valence-corrected chi connectivity index (χ3v) is 8.54. The fourth-order valence-electron chi connectivity index (χ4n) is 6.38. The Morgan fingerprint density at radius 1 is 0.304 bits per heavy atom. The molecule has 0 aliphatic carbocycles. The van der Waals surface area contributed by atoms with E-state index in [0.717, 1.165) is 60.5 Å². The zero-order valence-corrected chi connectivity index (χ0v) is 24.7. The minimum Gasteiger partial charge on any atom is -0.255 e. The van der Waals surface area contributed by atoms with E-state index in [2.05, 4.69) is 78.9 Å². The number of hydrogen-bond donors (Lipinski definition) is 0. The summed E-state index contributed by atoms with van der Waals surface area (Å²) in [6.45, 7) is 0. The summed E-state index contributed by atoms with van der Waals surface area (Å²) in [5, 5.41) is 6.77. The second kappa shape index (κ2) is 10.7. The fourth-order valence-corrected chi connectivity index (χ4v) is 6.38. The smallest absolute Gasteiger partial charge is 0.164 e. The highest BCUT2D eigenvalue weighted by atomic mass is 15.0. The average Bonchev–Trinajstić information content (AvgIpc) is 3.15. The van der Waals surface area contributed by atoms with Crippen LogP contribution in [0.1, 0.15) is 0 Å². The van der Waals surface area contributed by atoms with Crippen LogP contribution in [0.2, 0.25) is 0 Å². The zero-order chi connectivity index (χ0) is 30.5. The summed E-state index contributed by atoms with van der Waals surface area (Å²) in [6, 6.07) is 49.6. The Kier molecular flexibility index (Phi) is 6.06. The molecule has 0 aliphatic rings. The highest BCUT2D eigenvalue weighted by molar-refractivity contribution is 6.30. The third-order valence-electron chi connectivity index (χ3n) is 8.54. The molecule has 0 spiro atoms. The van der Waals surface area contributed by atoms with Crippen LogP contribution in [0, 0.1) is 0 Å². The van der Waals surface area contributed by atoms with Crippen molar-refractivity contribution in [2.45, 2.75) is 0 Å². The maximum atomic E-state index is 5.38. The van der Waals surface area contributed by atoms with Crippen molar-refractivity contribution in [2.24, 2.45) is 0 Å². The monoisotopic (exact) mass is 587 g/mol. The molecular formula is C41H25N5. The van der Waals surface area contributed by atoms with Gasteiger partial charge in [0.1, 0.15) is 0 Å². The Morgan fingerprint density at radius 3 is 1.37 bits per heavy atom. The zero-order valence-electron chi connectivity index (χ0n) is 24.7. The molecule has 0 saturated heterocycles. The van der Waals surface area contributed by atoms with E-state index in [1.165, 1.54) is 10.8 Å². The molecule has 0 amide bonds. The van der Waals surface area contributed by atoms with Gasteiger partial charge in [-0.2, -0.15) is 0 Å². The molecule has 0 aliphatic heterocycles. The van der Waals surface area contributed by atoms with Gasteiger partial charge in [0.05, 0.1) is 16.7 Å². The van der Waals surface area contributed by atoms with Gasteiger partial charge in [0.15, 0.2) is 17.5 Å². The average molecular weight is 588 g/mol. The predicted molar refractivity (Wildman–Crippen MR) is 187 cm³/mol. The lowest BCUT2D eigenvalue weighted by atomic mass is 9.94. The van der Waals surface area contributed by atoms with Gasteiger partial charge in [-0.3, -0.25) is 4.98 Å². The summed E-state index contributed by atoms with van der Waals surface area (Å²) in [5.74, 6) is 1.90. The van der Waals surface area contributed by atoms with Gasteiger partial charge >= 0.3 is 0 Å². The maximum absolute atomic E-state index is 5.38. The molecule has 5 heteroatoms. The normalized spacial score (nSPS) is 11.5. The third kappa shape index (κ3) is 4.29.